The lowest BCUT2D eigenvalue weighted by molar-refractivity contribution is -0.130. The molecule has 0 bridgehead atoms. The molecule has 1 amide bonds. The van der Waals surface area contributed by atoms with Crippen LogP contribution < -0.4 is 15.1 Å². The van der Waals surface area contributed by atoms with Crippen LogP contribution in [0.5, 0.6) is 0 Å². The molecular weight excluding hydrogens is 530 g/mol. The Morgan fingerprint density at radius 2 is 1.86 bits per heavy atom. The highest BCUT2D eigenvalue weighted by Gasteiger charge is 2.42. The number of rotatable bonds is 7. The number of anilines is 3. The van der Waals surface area contributed by atoms with Gasteiger partial charge < -0.3 is 30.2 Å². The smallest absolute Gasteiger partial charge is 0.227 e. The van der Waals surface area contributed by atoms with Crippen molar-refractivity contribution in [1.29, 1.82) is 0 Å². The van der Waals surface area contributed by atoms with Crippen molar-refractivity contribution in [1.82, 2.24) is 19.9 Å². The van der Waals surface area contributed by atoms with Crippen LogP contribution in [-0.4, -0.2) is 87.9 Å². The van der Waals surface area contributed by atoms with Gasteiger partial charge in [-0.05, 0) is 79.8 Å². The van der Waals surface area contributed by atoms with Gasteiger partial charge in [-0.15, -0.1) is 0 Å². The van der Waals surface area contributed by atoms with Gasteiger partial charge in [0.15, 0.2) is 0 Å². The number of hydrogen-bond donors (Lipinski definition) is 3. The number of hydrogen-bond acceptors (Lipinski definition) is 9. The van der Waals surface area contributed by atoms with Crippen molar-refractivity contribution < 1.29 is 15.0 Å². The molecule has 1 unspecified atom stereocenters. The molecule has 2 aromatic heterocycles. The number of nitrogens with zero attached hydrogens (tertiary/aromatic N) is 6. The van der Waals surface area contributed by atoms with Crippen LogP contribution in [0.25, 0.3) is 10.9 Å². The van der Waals surface area contributed by atoms with Crippen molar-refractivity contribution in [2.45, 2.75) is 63.5 Å². The van der Waals surface area contributed by atoms with Crippen molar-refractivity contribution in [3.05, 3.63) is 47.2 Å². The van der Waals surface area contributed by atoms with Gasteiger partial charge in [0.25, 0.3) is 0 Å². The highest BCUT2D eigenvalue weighted by atomic mass is 16.3. The number of carbonyl (C=O) groups excluding carboxylic acids is 1. The number of nitrogens with one attached hydrogen (secondary N) is 1. The van der Waals surface area contributed by atoms with Gasteiger partial charge in [-0.25, -0.2) is 9.97 Å². The average molecular weight is 572 g/mol. The minimum Gasteiger partial charge on any atom is -0.396 e. The van der Waals surface area contributed by atoms with Gasteiger partial charge in [-0.3, -0.25) is 4.79 Å². The summed E-state index contributed by atoms with van der Waals surface area (Å²) in [7, 11) is 0. The second-order valence-corrected chi connectivity index (χ2v) is 12.6. The molecule has 3 saturated heterocycles. The molecule has 3 fully saturated rings. The fourth-order valence-corrected chi connectivity index (χ4v) is 7.05. The SMILES string of the molecule is CCC(=O)N1CCC(O)(c2cnc(N3CCC(CO)CC3)nc2NC2CN(c3ccc4cc5c(cc4n3)CCC5)C2)C1. The van der Waals surface area contributed by atoms with Crippen LogP contribution in [0.4, 0.5) is 17.6 Å². The Kier molecular flexibility index (Phi) is 7.14. The number of benzene rings is 1. The van der Waals surface area contributed by atoms with E-state index in [1.165, 1.54) is 29.4 Å². The maximum Gasteiger partial charge on any atom is 0.227 e. The fourth-order valence-electron chi connectivity index (χ4n) is 7.05. The van der Waals surface area contributed by atoms with Crippen LogP contribution in [0, 0.1) is 5.92 Å². The predicted octanol–water partition coefficient (Wildman–Crippen LogP) is 2.85. The van der Waals surface area contributed by atoms with Crippen molar-refractivity contribution >= 4 is 34.4 Å². The number of carbonyl (C=O) groups is 1. The van der Waals surface area contributed by atoms with Crippen LogP contribution in [0.2, 0.25) is 0 Å². The van der Waals surface area contributed by atoms with E-state index in [1.54, 1.807) is 11.1 Å². The molecule has 0 saturated carbocycles. The van der Waals surface area contributed by atoms with Gasteiger partial charge in [0, 0.05) is 62.9 Å². The summed E-state index contributed by atoms with van der Waals surface area (Å²) in [5, 5.41) is 26.1. The Morgan fingerprint density at radius 3 is 2.62 bits per heavy atom. The van der Waals surface area contributed by atoms with Crippen LogP contribution in [0.1, 0.15) is 55.7 Å². The third-order valence-corrected chi connectivity index (χ3v) is 9.77. The third-order valence-electron chi connectivity index (χ3n) is 9.77. The van der Waals surface area contributed by atoms with E-state index in [-0.39, 0.29) is 25.1 Å². The highest BCUT2D eigenvalue weighted by Crippen LogP contribution is 2.37. The lowest BCUT2D eigenvalue weighted by Gasteiger charge is -2.41. The number of aliphatic hydroxyl groups is 2. The molecule has 0 radical (unpaired) electrons. The molecule has 10 heteroatoms. The quantitative estimate of drug-likeness (QED) is 0.394. The minimum atomic E-state index is -1.20. The van der Waals surface area contributed by atoms with Gasteiger partial charge in [0.2, 0.25) is 11.9 Å². The zero-order chi connectivity index (χ0) is 28.8. The predicted molar refractivity (Wildman–Crippen MR) is 163 cm³/mol. The van der Waals surface area contributed by atoms with Crippen LogP contribution in [-0.2, 0) is 23.2 Å². The van der Waals surface area contributed by atoms with Gasteiger partial charge in [0.1, 0.15) is 17.2 Å². The number of likely N-dealkylation sites (tertiary alicyclic amines) is 1. The number of pyridine rings is 1. The number of aromatic nitrogens is 3. The number of aryl methyl sites for hydroxylation is 2. The molecule has 1 atom stereocenters. The molecular formula is C32H41N7O3. The zero-order valence-electron chi connectivity index (χ0n) is 24.4. The molecule has 1 aromatic carbocycles. The fraction of sp³-hybridized carbons (Fsp3) is 0.562. The molecule has 222 valence electrons. The largest absolute Gasteiger partial charge is 0.396 e. The number of amides is 1. The molecule has 3 aliphatic heterocycles. The average Bonchev–Trinajstić information content (AvgIpc) is 3.63. The summed E-state index contributed by atoms with van der Waals surface area (Å²) in [6, 6.07) is 9.01. The summed E-state index contributed by atoms with van der Waals surface area (Å²) in [4.78, 5) is 33.2. The first kappa shape index (κ1) is 27.3. The van der Waals surface area contributed by atoms with E-state index in [1.807, 2.05) is 6.92 Å². The maximum atomic E-state index is 12.4. The van der Waals surface area contributed by atoms with E-state index >= 15 is 0 Å². The van der Waals surface area contributed by atoms with Crippen molar-refractivity contribution in [3.63, 3.8) is 0 Å². The second kappa shape index (κ2) is 11.0. The van der Waals surface area contributed by atoms with Crippen LogP contribution in [0.3, 0.4) is 0 Å². The molecule has 1 aliphatic carbocycles. The molecule has 5 heterocycles. The zero-order valence-corrected chi connectivity index (χ0v) is 24.4. The first-order valence-corrected chi connectivity index (χ1v) is 15.6. The molecule has 3 aromatic rings. The Balaban J connectivity index is 1.10. The normalized spacial score (nSPS) is 23.0. The summed E-state index contributed by atoms with van der Waals surface area (Å²) in [5.74, 6) is 2.64. The van der Waals surface area contributed by atoms with E-state index in [0.29, 0.717) is 42.6 Å². The van der Waals surface area contributed by atoms with Crippen LogP contribution >= 0.6 is 0 Å². The molecule has 10 nitrogen and oxygen atoms in total. The number of β-amino-alcohol motifs (C(OH)–C–C–N with tert-alkyl or cyclic N) is 1. The van der Waals surface area contributed by atoms with Crippen molar-refractivity contribution in [3.8, 4) is 0 Å². The minimum absolute atomic E-state index is 0.0483. The highest BCUT2D eigenvalue weighted by molar-refractivity contribution is 5.82. The molecule has 4 aliphatic rings. The van der Waals surface area contributed by atoms with E-state index < -0.39 is 5.60 Å². The Labute approximate surface area is 246 Å². The van der Waals surface area contributed by atoms with Gasteiger partial charge in [-0.1, -0.05) is 6.92 Å². The second-order valence-electron chi connectivity index (χ2n) is 12.6. The van der Waals surface area contributed by atoms with E-state index in [0.717, 1.165) is 56.8 Å². The van der Waals surface area contributed by atoms with E-state index in [2.05, 4.69) is 44.4 Å². The number of fused-ring (bicyclic) bond motifs is 2. The number of piperidine rings is 1. The number of aliphatic hydroxyl groups excluding tert-OH is 1. The molecule has 0 spiro atoms. The molecule has 3 N–H and O–H groups in total. The summed E-state index contributed by atoms with van der Waals surface area (Å²) in [6.45, 7) is 5.98. The van der Waals surface area contributed by atoms with E-state index in [9.17, 15) is 15.0 Å². The lowest BCUT2D eigenvalue weighted by atomic mass is 9.94. The van der Waals surface area contributed by atoms with Crippen molar-refractivity contribution in [2.75, 3.05) is 61.0 Å². The monoisotopic (exact) mass is 571 g/mol. The first-order chi connectivity index (χ1) is 20.4. The Hall–Kier alpha value is -3.50. The summed E-state index contributed by atoms with van der Waals surface area (Å²) in [6.07, 6.45) is 7.98. The van der Waals surface area contributed by atoms with Gasteiger partial charge in [0.05, 0.1) is 18.1 Å². The third kappa shape index (κ3) is 5.04. The summed E-state index contributed by atoms with van der Waals surface area (Å²) >= 11 is 0. The summed E-state index contributed by atoms with van der Waals surface area (Å²) in [5.41, 5.74) is 3.42. The Morgan fingerprint density at radius 1 is 1.07 bits per heavy atom. The Bertz CT molecular complexity index is 1480. The maximum absolute atomic E-state index is 12.4. The van der Waals surface area contributed by atoms with Crippen molar-refractivity contribution in [2.24, 2.45) is 5.92 Å². The summed E-state index contributed by atoms with van der Waals surface area (Å²) < 4.78 is 0. The van der Waals surface area contributed by atoms with Gasteiger partial charge in [-0.2, -0.15) is 4.98 Å². The lowest BCUT2D eigenvalue weighted by Crippen LogP contribution is -2.55. The molecule has 42 heavy (non-hydrogen) atoms. The van der Waals surface area contributed by atoms with Gasteiger partial charge >= 0.3 is 0 Å². The standard InChI is InChI=1S/C32H41N7O3/c1-2-29(41)38-13-10-32(42,20-38)26-16-33-31(37-11-8-21(19-40)9-12-37)36-30(26)34-25-17-39(18-25)28-7-6-24-14-22-4-3-5-23(22)15-27(24)35-28/h6-7,14-16,21,25,40,42H,2-5,8-13,17-20H2,1H3,(H,33,34,36). The van der Waals surface area contributed by atoms with Crippen LogP contribution in [0.15, 0.2) is 30.5 Å². The molecule has 7 rings (SSSR count). The first-order valence-electron chi connectivity index (χ1n) is 15.6. The topological polar surface area (TPSA) is 118 Å². The van der Waals surface area contributed by atoms with E-state index in [4.69, 9.17) is 9.97 Å².